The highest BCUT2D eigenvalue weighted by molar-refractivity contribution is 6.28. The number of nitrogens with one attached hydrogen (secondary N) is 1. The SMILES string of the molecule is C[C@H](Nc1nc(Cl)nc2c1ncn2-c1ccccc1)C(=O)OC(C)(C)C. The minimum Gasteiger partial charge on any atom is -0.458 e. The first-order chi connectivity index (χ1) is 12.2. The van der Waals surface area contributed by atoms with Crippen LogP contribution in [0.3, 0.4) is 0 Å². The van der Waals surface area contributed by atoms with E-state index < -0.39 is 11.6 Å². The number of halogens is 1. The summed E-state index contributed by atoms with van der Waals surface area (Å²) in [6.07, 6.45) is 1.65. The van der Waals surface area contributed by atoms with Crippen molar-refractivity contribution < 1.29 is 9.53 Å². The van der Waals surface area contributed by atoms with Gasteiger partial charge in [-0.15, -0.1) is 0 Å². The summed E-state index contributed by atoms with van der Waals surface area (Å²) >= 11 is 6.09. The van der Waals surface area contributed by atoms with Crippen molar-refractivity contribution in [1.29, 1.82) is 0 Å². The van der Waals surface area contributed by atoms with Crippen LogP contribution in [0.15, 0.2) is 36.7 Å². The van der Waals surface area contributed by atoms with Crippen molar-refractivity contribution >= 4 is 34.6 Å². The Morgan fingerprint density at radius 3 is 2.58 bits per heavy atom. The van der Waals surface area contributed by atoms with E-state index in [0.717, 1.165) is 5.69 Å². The molecule has 1 atom stereocenters. The van der Waals surface area contributed by atoms with Crippen LogP contribution in [-0.4, -0.2) is 37.1 Å². The van der Waals surface area contributed by atoms with Crippen molar-refractivity contribution in [2.24, 2.45) is 0 Å². The van der Waals surface area contributed by atoms with Crippen LogP contribution in [0, 0.1) is 0 Å². The third kappa shape index (κ3) is 3.94. The smallest absolute Gasteiger partial charge is 0.328 e. The van der Waals surface area contributed by atoms with Gasteiger partial charge in [-0.3, -0.25) is 4.57 Å². The zero-order valence-corrected chi connectivity index (χ0v) is 15.8. The summed E-state index contributed by atoms with van der Waals surface area (Å²) in [5, 5.41) is 3.09. The van der Waals surface area contributed by atoms with Gasteiger partial charge in [0.2, 0.25) is 5.28 Å². The number of fused-ring (bicyclic) bond motifs is 1. The third-order valence-electron chi connectivity index (χ3n) is 3.52. The second-order valence-electron chi connectivity index (χ2n) is 6.86. The molecule has 2 heterocycles. The molecule has 0 aliphatic heterocycles. The number of anilines is 1. The fourth-order valence-corrected chi connectivity index (χ4v) is 2.57. The molecule has 0 unspecified atom stereocenters. The fraction of sp³-hybridized carbons (Fsp3) is 0.333. The number of carbonyl (C=O) groups excluding carboxylic acids is 1. The number of ether oxygens (including phenoxy) is 1. The molecule has 136 valence electrons. The van der Waals surface area contributed by atoms with Gasteiger partial charge in [-0.2, -0.15) is 9.97 Å². The van der Waals surface area contributed by atoms with Crippen molar-refractivity contribution in [3.63, 3.8) is 0 Å². The molecule has 1 aromatic carbocycles. The maximum absolute atomic E-state index is 12.2. The van der Waals surface area contributed by atoms with Crippen LogP contribution in [0.2, 0.25) is 5.28 Å². The number of nitrogens with zero attached hydrogens (tertiary/aromatic N) is 4. The largest absolute Gasteiger partial charge is 0.458 e. The molecule has 7 nitrogen and oxygen atoms in total. The minimum atomic E-state index is -0.620. The van der Waals surface area contributed by atoms with E-state index >= 15 is 0 Å². The highest BCUT2D eigenvalue weighted by Gasteiger charge is 2.23. The van der Waals surface area contributed by atoms with Gasteiger partial charge in [0.25, 0.3) is 0 Å². The van der Waals surface area contributed by atoms with Crippen LogP contribution in [0.5, 0.6) is 0 Å². The van der Waals surface area contributed by atoms with Crippen LogP contribution in [0.25, 0.3) is 16.9 Å². The highest BCUT2D eigenvalue weighted by atomic mass is 35.5. The van der Waals surface area contributed by atoms with Gasteiger partial charge in [0.1, 0.15) is 18.0 Å². The van der Waals surface area contributed by atoms with E-state index in [-0.39, 0.29) is 11.3 Å². The number of imidazole rings is 1. The van der Waals surface area contributed by atoms with Crippen LogP contribution in [0.4, 0.5) is 5.82 Å². The molecule has 2 aromatic heterocycles. The maximum Gasteiger partial charge on any atom is 0.328 e. The Morgan fingerprint density at radius 2 is 1.92 bits per heavy atom. The van der Waals surface area contributed by atoms with Gasteiger partial charge < -0.3 is 10.1 Å². The first-order valence-electron chi connectivity index (χ1n) is 8.20. The third-order valence-corrected chi connectivity index (χ3v) is 3.69. The molecule has 0 saturated carbocycles. The van der Waals surface area contributed by atoms with E-state index in [0.29, 0.717) is 17.0 Å². The van der Waals surface area contributed by atoms with E-state index in [9.17, 15) is 4.79 Å². The van der Waals surface area contributed by atoms with Crippen molar-refractivity contribution in [1.82, 2.24) is 19.5 Å². The van der Waals surface area contributed by atoms with E-state index in [4.69, 9.17) is 16.3 Å². The first-order valence-corrected chi connectivity index (χ1v) is 8.58. The summed E-state index contributed by atoms with van der Waals surface area (Å²) in [5.74, 6) is -0.00378. The molecule has 26 heavy (non-hydrogen) atoms. The second-order valence-corrected chi connectivity index (χ2v) is 7.20. The number of para-hydroxylation sites is 1. The molecule has 0 radical (unpaired) electrons. The van der Waals surface area contributed by atoms with Crippen LogP contribution >= 0.6 is 11.6 Å². The van der Waals surface area contributed by atoms with Crippen molar-refractivity contribution in [2.45, 2.75) is 39.3 Å². The summed E-state index contributed by atoms with van der Waals surface area (Å²) < 4.78 is 7.20. The van der Waals surface area contributed by atoms with E-state index in [1.807, 2.05) is 55.7 Å². The quantitative estimate of drug-likeness (QED) is 0.555. The molecule has 1 N–H and O–H groups in total. The molecule has 0 saturated heterocycles. The second kappa shape index (κ2) is 6.92. The minimum absolute atomic E-state index is 0.0640. The standard InChI is InChI=1S/C18H20ClN5O2/c1-11(16(25)26-18(2,3)4)21-14-13-15(23-17(19)22-14)24(10-20-13)12-8-6-5-7-9-12/h5-11H,1-4H3,(H,21,22,23)/t11-/m0/s1. The average Bonchev–Trinajstić information content (AvgIpc) is 2.97. The Morgan fingerprint density at radius 1 is 1.23 bits per heavy atom. The Bertz CT molecular complexity index is 934. The summed E-state index contributed by atoms with van der Waals surface area (Å²) in [7, 11) is 0. The summed E-state index contributed by atoms with van der Waals surface area (Å²) in [5.41, 5.74) is 1.40. The lowest BCUT2D eigenvalue weighted by Crippen LogP contribution is -2.34. The van der Waals surface area contributed by atoms with Gasteiger partial charge in [0, 0.05) is 5.69 Å². The Kier molecular flexibility index (Phi) is 4.82. The fourth-order valence-electron chi connectivity index (χ4n) is 2.41. The molecule has 0 aliphatic carbocycles. The number of hydrogen-bond donors (Lipinski definition) is 1. The van der Waals surface area contributed by atoms with Gasteiger partial charge in [0.05, 0.1) is 0 Å². The molecule has 8 heteroatoms. The predicted molar refractivity (Wildman–Crippen MR) is 101 cm³/mol. The molecule has 0 amide bonds. The average molecular weight is 374 g/mol. The van der Waals surface area contributed by atoms with Gasteiger partial charge in [0.15, 0.2) is 17.0 Å². The number of esters is 1. The topological polar surface area (TPSA) is 81.9 Å². The zero-order chi connectivity index (χ0) is 18.9. The molecule has 0 spiro atoms. The lowest BCUT2D eigenvalue weighted by molar-refractivity contribution is -0.155. The molecular formula is C18H20ClN5O2. The maximum atomic E-state index is 12.2. The number of hydrogen-bond acceptors (Lipinski definition) is 6. The van der Waals surface area contributed by atoms with Crippen LogP contribution in [-0.2, 0) is 9.53 Å². The molecule has 0 bridgehead atoms. The highest BCUT2D eigenvalue weighted by Crippen LogP contribution is 2.24. The monoisotopic (exact) mass is 373 g/mol. The van der Waals surface area contributed by atoms with E-state index in [2.05, 4.69) is 20.3 Å². The Labute approximate surface area is 156 Å². The molecule has 3 aromatic rings. The van der Waals surface area contributed by atoms with Gasteiger partial charge >= 0.3 is 5.97 Å². The van der Waals surface area contributed by atoms with Crippen LogP contribution < -0.4 is 5.32 Å². The lowest BCUT2D eigenvalue weighted by Gasteiger charge is -2.23. The molecular weight excluding hydrogens is 354 g/mol. The summed E-state index contributed by atoms with van der Waals surface area (Å²) in [6.45, 7) is 7.15. The van der Waals surface area contributed by atoms with Crippen molar-refractivity contribution in [3.05, 3.63) is 41.9 Å². The Hall–Kier alpha value is -2.67. The van der Waals surface area contributed by atoms with E-state index in [1.165, 1.54) is 0 Å². The first kappa shape index (κ1) is 18.1. The zero-order valence-electron chi connectivity index (χ0n) is 15.0. The van der Waals surface area contributed by atoms with Crippen molar-refractivity contribution in [2.75, 3.05) is 5.32 Å². The van der Waals surface area contributed by atoms with Gasteiger partial charge in [-0.1, -0.05) is 18.2 Å². The lowest BCUT2D eigenvalue weighted by atomic mass is 10.2. The number of benzene rings is 1. The van der Waals surface area contributed by atoms with Gasteiger partial charge in [-0.25, -0.2) is 9.78 Å². The van der Waals surface area contributed by atoms with E-state index in [1.54, 1.807) is 13.3 Å². The summed E-state index contributed by atoms with van der Waals surface area (Å²) in [4.78, 5) is 25.1. The van der Waals surface area contributed by atoms with Gasteiger partial charge in [-0.05, 0) is 51.4 Å². The number of carbonyl (C=O) groups is 1. The molecule has 0 fully saturated rings. The predicted octanol–water partition coefficient (Wildman–Crippen LogP) is 3.61. The number of aromatic nitrogens is 4. The summed E-state index contributed by atoms with van der Waals surface area (Å²) in [6, 6.07) is 9.04. The Balaban J connectivity index is 1.95. The molecule has 0 aliphatic rings. The molecule has 3 rings (SSSR count). The van der Waals surface area contributed by atoms with Crippen molar-refractivity contribution in [3.8, 4) is 5.69 Å². The number of rotatable bonds is 4. The normalized spacial score (nSPS) is 12.8. The van der Waals surface area contributed by atoms with Crippen LogP contribution in [0.1, 0.15) is 27.7 Å².